The van der Waals surface area contributed by atoms with E-state index in [-0.39, 0.29) is 30.6 Å². The summed E-state index contributed by atoms with van der Waals surface area (Å²) in [5.41, 5.74) is -0.0732. The van der Waals surface area contributed by atoms with Gasteiger partial charge in [0.05, 0.1) is 0 Å². The molecule has 0 fully saturated rings. The number of carbonyl (C=O) groups is 3. The molecule has 0 saturated heterocycles. The summed E-state index contributed by atoms with van der Waals surface area (Å²) < 4.78 is 5.17. The number of hydrogen-bond acceptors (Lipinski definition) is 5. The van der Waals surface area contributed by atoms with E-state index >= 15 is 0 Å². The third kappa shape index (κ3) is 8.28. The molecule has 0 aliphatic rings. The van der Waals surface area contributed by atoms with Crippen molar-refractivity contribution < 1.29 is 19.1 Å². The molecule has 1 aromatic rings. The molecule has 0 saturated carbocycles. The third-order valence-corrected chi connectivity index (χ3v) is 3.29. The number of ketones is 1. The summed E-state index contributed by atoms with van der Waals surface area (Å²) in [5, 5.41) is 2.68. The molecule has 1 atom stereocenters. The van der Waals surface area contributed by atoms with Crippen LogP contribution in [0.4, 0.5) is 4.79 Å². The van der Waals surface area contributed by atoms with E-state index in [0.717, 1.165) is 0 Å². The Morgan fingerprint density at radius 3 is 2.52 bits per heavy atom. The number of aromatic nitrogens is 1. The van der Waals surface area contributed by atoms with Gasteiger partial charge in [-0.3, -0.25) is 14.6 Å². The predicted octanol–water partition coefficient (Wildman–Crippen LogP) is 2.42. The SMILES string of the molecule is CC(CN(C)C(=O)CCC(=O)c1cccnc1)NC(=O)OC(C)(C)C. The van der Waals surface area contributed by atoms with Crippen molar-refractivity contribution in [3.8, 4) is 0 Å². The van der Waals surface area contributed by atoms with Crippen molar-refractivity contribution in [2.24, 2.45) is 0 Å². The number of amides is 2. The normalized spacial score (nSPS) is 12.2. The molecular weight excluding hydrogens is 322 g/mol. The van der Waals surface area contributed by atoms with E-state index in [9.17, 15) is 14.4 Å². The standard InChI is InChI=1S/C18H27N3O4/c1-13(20-17(24)25-18(2,3)4)12-21(5)16(23)9-8-15(22)14-7-6-10-19-11-14/h6-7,10-11,13H,8-9,12H2,1-5H3,(H,20,24). The van der Waals surface area contributed by atoms with E-state index < -0.39 is 11.7 Å². The van der Waals surface area contributed by atoms with Crippen LogP contribution in [0.5, 0.6) is 0 Å². The van der Waals surface area contributed by atoms with Gasteiger partial charge in [-0.2, -0.15) is 0 Å². The van der Waals surface area contributed by atoms with E-state index in [1.54, 1.807) is 53.1 Å². The Morgan fingerprint density at radius 1 is 1.28 bits per heavy atom. The molecule has 0 bridgehead atoms. The van der Waals surface area contributed by atoms with Crippen LogP contribution in [-0.4, -0.2) is 52.9 Å². The number of Topliss-reactive ketones (excluding diaryl/α,β-unsaturated/α-hetero) is 1. The minimum atomic E-state index is -0.571. The van der Waals surface area contributed by atoms with Gasteiger partial charge in [-0.25, -0.2) is 4.79 Å². The topological polar surface area (TPSA) is 88.6 Å². The molecule has 0 aromatic carbocycles. The maximum Gasteiger partial charge on any atom is 0.407 e. The molecule has 7 heteroatoms. The first-order chi connectivity index (χ1) is 11.6. The number of ether oxygens (including phenoxy) is 1. The zero-order chi connectivity index (χ0) is 19.0. The van der Waals surface area contributed by atoms with Gasteiger partial charge in [0.2, 0.25) is 5.91 Å². The lowest BCUT2D eigenvalue weighted by Crippen LogP contribution is -2.44. The van der Waals surface area contributed by atoms with E-state index in [1.165, 1.54) is 11.1 Å². The van der Waals surface area contributed by atoms with E-state index in [0.29, 0.717) is 12.1 Å². The summed E-state index contributed by atoms with van der Waals surface area (Å²) in [6, 6.07) is 3.10. The average Bonchev–Trinajstić information content (AvgIpc) is 2.50. The van der Waals surface area contributed by atoms with E-state index in [2.05, 4.69) is 10.3 Å². The van der Waals surface area contributed by atoms with Crippen molar-refractivity contribution in [3.05, 3.63) is 30.1 Å². The highest BCUT2D eigenvalue weighted by Crippen LogP contribution is 2.08. The van der Waals surface area contributed by atoms with Gasteiger partial charge in [0.25, 0.3) is 0 Å². The largest absolute Gasteiger partial charge is 0.444 e. The lowest BCUT2D eigenvalue weighted by molar-refractivity contribution is -0.130. The molecule has 0 aliphatic heterocycles. The van der Waals surface area contributed by atoms with Gasteiger partial charge in [0, 0.05) is 50.4 Å². The Morgan fingerprint density at radius 2 is 1.96 bits per heavy atom. The molecule has 0 spiro atoms. The summed E-state index contributed by atoms with van der Waals surface area (Å²) in [7, 11) is 1.64. The fourth-order valence-corrected chi connectivity index (χ4v) is 2.15. The number of nitrogens with zero attached hydrogens (tertiary/aromatic N) is 2. The highest BCUT2D eigenvalue weighted by Gasteiger charge is 2.20. The lowest BCUT2D eigenvalue weighted by atomic mass is 10.1. The maximum atomic E-state index is 12.1. The first kappa shape index (κ1) is 20.6. The number of pyridine rings is 1. The van der Waals surface area contributed by atoms with Crippen LogP contribution in [0, 0.1) is 0 Å². The van der Waals surface area contributed by atoms with E-state index in [4.69, 9.17) is 4.74 Å². The van der Waals surface area contributed by atoms with Gasteiger partial charge >= 0.3 is 6.09 Å². The van der Waals surface area contributed by atoms with Gasteiger partial charge in [-0.05, 0) is 39.8 Å². The van der Waals surface area contributed by atoms with Crippen molar-refractivity contribution in [2.75, 3.05) is 13.6 Å². The number of nitrogens with one attached hydrogen (secondary N) is 1. The third-order valence-electron chi connectivity index (χ3n) is 3.29. The summed E-state index contributed by atoms with van der Waals surface area (Å²) in [5.74, 6) is -0.273. The average molecular weight is 349 g/mol. The molecule has 0 radical (unpaired) electrons. The molecule has 1 rings (SSSR count). The molecule has 0 aliphatic carbocycles. The first-order valence-electron chi connectivity index (χ1n) is 8.25. The molecule has 1 aromatic heterocycles. The number of rotatable bonds is 7. The Balaban J connectivity index is 2.38. The van der Waals surface area contributed by atoms with Crippen molar-refractivity contribution in [3.63, 3.8) is 0 Å². The summed E-state index contributed by atoms with van der Waals surface area (Å²) in [6.45, 7) is 7.47. The Kier molecular flexibility index (Phi) is 7.54. The van der Waals surface area contributed by atoms with Crippen LogP contribution in [0.15, 0.2) is 24.5 Å². The minimum Gasteiger partial charge on any atom is -0.444 e. The molecule has 7 nitrogen and oxygen atoms in total. The molecule has 138 valence electrons. The Labute approximate surface area is 148 Å². The fraction of sp³-hybridized carbons (Fsp3) is 0.556. The van der Waals surface area contributed by atoms with Crippen molar-refractivity contribution in [2.45, 2.75) is 52.2 Å². The van der Waals surface area contributed by atoms with Gasteiger partial charge in [-0.1, -0.05) is 0 Å². The first-order valence-corrected chi connectivity index (χ1v) is 8.25. The van der Waals surface area contributed by atoms with E-state index in [1.807, 2.05) is 0 Å². The summed E-state index contributed by atoms with van der Waals surface area (Å²) in [6.07, 6.45) is 2.80. The minimum absolute atomic E-state index is 0.114. The number of likely N-dealkylation sites (N-methyl/N-ethyl adjacent to an activating group) is 1. The second-order valence-electron chi connectivity index (χ2n) is 6.99. The zero-order valence-electron chi connectivity index (χ0n) is 15.5. The summed E-state index contributed by atoms with van der Waals surface area (Å²) in [4.78, 5) is 41.2. The van der Waals surface area contributed by atoms with Gasteiger partial charge < -0.3 is 15.0 Å². The van der Waals surface area contributed by atoms with Crippen molar-refractivity contribution in [1.29, 1.82) is 0 Å². The number of alkyl carbamates (subject to hydrolysis) is 1. The van der Waals surface area contributed by atoms with Gasteiger partial charge in [0.15, 0.2) is 5.78 Å². The smallest absolute Gasteiger partial charge is 0.407 e. The van der Waals surface area contributed by atoms with Crippen LogP contribution in [0.2, 0.25) is 0 Å². The monoisotopic (exact) mass is 349 g/mol. The van der Waals surface area contributed by atoms with Crippen LogP contribution in [0.25, 0.3) is 0 Å². The molecule has 1 heterocycles. The van der Waals surface area contributed by atoms with Crippen LogP contribution in [0.3, 0.4) is 0 Å². The van der Waals surface area contributed by atoms with Gasteiger partial charge in [0.1, 0.15) is 5.60 Å². The van der Waals surface area contributed by atoms with Crippen molar-refractivity contribution in [1.82, 2.24) is 15.2 Å². The van der Waals surface area contributed by atoms with Crippen LogP contribution in [-0.2, 0) is 9.53 Å². The maximum absolute atomic E-state index is 12.1. The number of hydrogen-bond donors (Lipinski definition) is 1. The van der Waals surface area contributed by atoms with Crippen LogP contribution in [0.1, 0.15) is 50.9 Å². The molecule has 25 heavy (non-hydrogen) atoms. The highest BCUT2D eigenvalue weighted by molar-refractivity contribution is 5.97. The Bertz CT molecular complexity index is 596. The molecule has 1 unspecified atom stereocenters. The van der Waals surface area contributed by atoms with Crippen molar-refractivity contribution >= 4 is 17.8 Å². The van der Waals surface area contributed by atoms with Crippen LogP contribution >= 0.6 is 0 Å². The highest BCUT2D eigenvalue weighted by atomic mass is 16.6. The fourth-order valence-electron chi connectivity index (χ4n) is 2.15. The molecule has 1 N–H and O–H groups in total. The number of carbonyl (C=O) groups excluding carboxylic acids is 3. The van der Waals surface area contributed by atoms with Crippen LogP contribution < -0.4 is 5.32 Å². The quantitative estimate of drug-likeness (QED) is 0.764. The summed E-state index contributed by atoms with van der Waals surface area (Å²) >= 11 is 0. The molecule has 2 amide bonds. The van der Waals surface area contributed by atoms with Gasteiger partial charge in [-0.15, -0.1) is 0 Å². The zero-order valence-corrected chi connectivity index (χ0v) is 15.5. The second kappa shape index (κ2) is 9.15. The Hall–Kier alpha value is -2.44. The lowest BCUT2D eigenvalue weighted by Gasteiger charge is -2.25. The second-order valence-corrected chi connectivity index (χ2v) is 6.99. The molecular formula is C18H27N3O4. The predicted molar refractivity (Wildman–Crippen MR) is 94.3 cm³/mol.